The molecule has 0 bridgehead atoms. The molecule has 0 radical (unpaired) electrons. The van der Waals surface area contributed by atoms with Gasteiger partial charge >= 0.3 is 0 Å². The van der Waals surface area contributed by atoms with Crippen molar-refractivity contribution < 1.29 is 0 Å². The summed E-state index contributed by atoms with van der Waals surface area (Å²) in [5.41, 5.74) is 9.22. The quantitative estimate of drug-likeness (QED) is 0.549. The molecule has 3 N–H and O–H groups in total. The molecule has 14 heavy (non-hydrogen) atoms. The second-order valence-electron chi connectivity index (χ2n) is 3.58. The van der Waals surface area contributed by atoms with Crippen LogP contribution in [0.15, 0.2) is 16.6 Å². The number of benzene rings is 1. The van der Waals surface area contributed by atoms with Crippen LogP contribution in [0.2, 0.25) is 0 Å². The van der Waals surface area contributed by atoms with Crippen LogP contribution < -0.4 is 5.73 Å². The van der Waals surface area contributed by atoms with E-state index in [1.54, 1.807) is 0 Å². The van der Waals surface area contributed by atoms with Crippen LogP contribution in [0.4, 0.5) is 0 Å². The van der Waals surface area contributed by atoms with Gasteiger partial charge in [-0.2, -0.15) is 0 Å². The van der Waals surface area contributed by atoms with Crippen LogP contribution in [0, 0.1) is 12.3 Å². The average molecular weight is 254 g/mol. The van der Waals surface area contributed by atoms with Crippen molar-refractivity contribution in [2.75, 3.05) is 0 Å². The number of nitrogens with zero attached hydrogens (tertiary/aromatic N) is 1. The van der Waals surface area contributed by atoms with Gasteiger partial charge in [-0.1, -0.05) is 28.1 Å². The van der Waals surface area contributed by atoms with E-state index in [4.69, 9.17) is 11.1 Å². The molecule has 1 aliphatic heterocycles. The minimum absolute atomic E-state index is 0.144. The molecule has 0 fully saturated rings. The predicted molar refractivity (Wildman–Crippen MR) is 60.0 cm³/mol. The van der Waals surface area contributed by atoms with Gasteiger partial charge in [-0.05, 0) is 23.6 Å². The van der Waals surface area contributed by atoms with Gasteiger partial charge in [0.05, 0.1) is 0 Å². The molecule has 0 aromatic heterocycles. The first kappa shape index (κ1) is 9.52. The van der Waals surface area contributed by atoms with Gasteiger partial charge in [0.2, 0.25) is 0 Å². The van der Waals surface area contributed by atoms with Crippen molar-refractivity contribution in [3.8, 4) is 0 Å². The van der Waals surface area contributed by atoms with Gasteiger partial charge in [-0.25, -0.2) is 0 Å². The van der Waals surface area contributed by atoms with Crippen LogP contribution in [0.25, 0.3) is 0 Å². The van der Waals surface area contributed by atoms with E-state index in [0.717, 1.165) is 17.6 Å². The molecule has 4 heteroatoms. The molecule has 3 nitrogen and oxygen atoms in total. The van der Waals surface area contributed by atoms with Crippen molar-refractivity contribution in [2.45, 2.75) is 20.0 Å². The van der Waals surface area contributed by atoms with E-state index < -0.39 is 0 Å². The zero-order valence-electron chi connectivity index (χ0n) is 7.97. The summed E-state index contributed by atoms with van der Waals surface area (Å²) >= 11 is 3.57. The Morgan fingerprint density at radius 2 is 2.21 bits per heavy atom. The second-order valence-corrected chi connectivity index (χ2v) is 4.37. The Labute approximate surface area is 91.5 Å². The van der Waals surface area contributed by atoms with Crippen molar-refractivity contribution >= 4 is 21.9 Å². The number of nitrogens with one attached hydrogen (secondary N) is 1. The SMILES string of the molecule is Cc1ccc2c(c1Br)CN(C(=N)N)C2. The Balaban J connectivity index is 2.40. The van der Waals surface area contributed by atoms with Gasteiger partial charge in [0.15, 0.2) is 5.96 Å². The molecule has 0 unspecified atom stereocenters. The summed E-state index contributed by atoms with van der Waals surface area (Å²) < 4.78 is 1.15. The molecule has 0 aliphatic carbocycles. The van der Waals surface area contributed by atoms with E-state index >= 15 is 0 Å². The Hall–Kier alpha value is -1.03. The number of rotatable bonds is 0. The second kappa shape index (κ2) is 3.28. The molecule has 1 aromatic rings. The van der Waals surface area contributed by atoms with Crippen molar-refractivity contribution in [2.24, 2.45) is 5.73 Å². The van der Waals surface area contributed by atoms with Gasteiger partial charge in [0, 0.05) is 17.6 Å². The zero-order valence-corrected chi connectivity index (χ0v) is 9.56. The molecule has 1 aliphatic rings. The number of aryl methyl sites for hydroxylation is 1. The number of nitrogens with two attached hydrogens (primary N) is 1. The predicted octanol–water partition coefficient (Wildman–Crippen LogP) is 1.97. The maximum absolute atomic E-state index is 7.38. The zero-order chi connectivity index (χ0) is 10.3. The topological polar surface area (TPSA) is 53.1 Å². The fourth-order valence-corrected chi connectivity index (χ4v) is 2.23. The van der Waals surface area contributed by atoms with E-state index in [0.29, 0.717) is 0 Å². The normalized spacial score (nSPS) is 14.3. The third-order valence-corrected chi connectivity index (χ3v) is 3.69. The van der Waals surface area contributed by atoms with Crippen molar-refractivity contribution in [1.29, 1.82) is 5.41 Å². The van der Waals surface area contributed by atoms with E-state index in [2.05, 4.69) is 35.0 Å². The minimum Gasteiger partial charge on any atom is -0.370 e. The van der Waals surface area contributed by atoms with Crippen LogP contribution in [0.3, 0.4) is 0 Å². The molecule has 74 valence electrons. The Kier molecular flexibility index (Phi) is 2.23. The van der Waals surface area contributed by atoms with Crippen LogP contribution >= 0.6 is 15.9 Å². The average Bonchev–Trinajstić information content (AvgIpc) is 2.56. The monoisotopic (exact) mass is 253 g/mol. The molecule has 1 aromatic carbocycles. The first-order valence-electron chi connectivity index (χ1n) is 4.45. The highest BCUT2D eigenvalue weighted by Crippen LogP contribution is 2.31. The van der Waals surface area contributed by atoms with Gasteiger partial charge in [0.1, 0.15) is 0 Å². The maximum atomic E-state index is 7.38. The highest BCUT2D eigenvalue weighted by atomic mass is 79.9. The molecule has 2 rings (SSSR count). The minimum atomic E-state index is 0.144. The molecular formula is C10H12BrN3. The summed E-state index contributed by atoms with van der Waals surface area (Å²) in [6.07, 6.45) is 0. The highest BCUT2D eigenvalue weighted by Gasteiger charge is 2.22. The van der Waals surface area contributed by atoms with E-state index in [9.17, 15) is 0 Å². The third-order valence-electron chi connectivity index (χ3n) is 2.58. The first-order chi connectivity index (χ1) is 6.59. The van der Waals surface area contributed by atoms with Crippen LogP contribution in [-0.4, -0.2) is 10.9 Å². The molecular weight excluding hydrogens is 242 g/mol. The lowest BCUT2D eigenvalue weighted by Crippen LogP contribution is -2.31. The summed E-state index contributed by atoms with van der Waals surface area (Å²) in [5.74, 6) is 0.144. The third kappa shape index (κ3) is 1.39. The highest BCUT2D eigenvalue weighted by molar-refractivity contribution is 9.10. The molecule has 0 atom stereocenters. The fraction of sp³-hybridized carbons (Fsp3) is 0.300. The Morgan fingerprint density at radius 1 is 1.50 bits per heavy atom. The summed E-state index contributed by atoms with van der Waals surface area (Å²) in [5, 5.41) is 7.38. The van der Waals surface area contributed by atoms with Crippen LogP contribution in [0.1, 0.15) is 16.7 Å². The van der Waals surface area contributed by atoms with Gasteiger partial charge in [0.25, 0.3) is 0 Å². The van der Waals surface area contributed by atoms with Crippen LogP contribution in [0.5, 0.6) is 0 Å². The smallest absolute Gasteiger partial charge is 0.188 e. The molecule has 0 spiro atoms. The number of hydrogen-bond acceptors (Lipinski definition) is 1. The lowest BCUT2D eigenvalue weighted by Gasteiger charge is -2.13. The summed E-state index contributed by atoms with van der Waals surface area (Å²) in [6.45, 7) is 3.57. The number of hydrogen-bond donors (Lipinski definition) is 2. The molecule has 0 saturated carbocycles. The van der Waals surface area contributed by atoms with Crippen molar-refractivity contribution in [3.63, 3.8) is 0 Å². The lowest BCUT2D eigenvalue weighted by atomic mass is 10.1. The first-order valence-corrected chi connectivity index (χ1v) is 5.24. The summed E-state index contributed by atoms with van der Waals surface area (Å²) in [7, 11) is 0. The van der Waals surface area contributed by atoms with Gasteiger partial charge in [-0.3, -0.25) is 5.41 Å². The Morgan fingerprint density at radius 3 is 2.86 bits per heavy atom. The number of guanidine groups is 1. The van der Waals surface area contributed by atoms with Crippen LogP contribution in [-0.2, 0) is 13.1 Å². The van der Waals surface area contributed by atoms with E-state index in [1.165, 1.54) is 16.7 Å². The number of halogens is 1. The fourth-order valence-electron chi connectivity index (χ4n) is 1.72. The lowest BCUT2D eigenvalue weighted by molar-refractivity contribution is 0.438. The van der Waals surface area contributed by atoms with Crippen molar-refractivity contribution in [1.82, 2.24) is 4.90 Å². The molecule has 1 heterocycles. The van der Waals surface area contributed by atoms with E-state index in [1.807, 2.05) is 4.90 Å². The summed E-state index contributed by atoms with van der Waals surface area (Å²) in [6, 6.07) is 4.20. The molecule has 0 saturated heterocycles. The van der Waals surface area contributed by atoms with Crippen molar-refractivity contribution in [3.05, 3.63) is 33.3 Å². The summed E-state index contributed by atoms with van der Waals surface area (Å²) in [4.78, 5) is 1.86. The number of fused-ring (bicyclic) bond motifs is 1. The van der Waals surface area contributed by atoms with E-state index in [-0.39, 0.29) is 5.96 Å². The molecule has 0 amide bonds. The largest absolute Gasteiger partial charge is 0.370 e. The van der Waals surface area contributed by atoms with Gasteiger partial charge in [-0.15, -0.1) is 0 Å². The standard InChI is InChI=1S/C10H12BrN3/c1-6-2-3-7-4-14(10(12)13)5-8(7)9(6)11/h2-3H,4-5H2,1H3,(H3,12,13). The Bertz CT molecular complexity index is 401. The maximum Gasteiger partial charge on any atom is 0.188 e. The van der Waals surface area contributed by atoms with Gasteiger partial charge < -0.3 is 10.6 Å².